The van der Waals surface area contributed by atoms with Gasteiger partial charge in [0, 0.05) is 12.6 Å². The van der Waals surface area contributed by atoms with Crippen LogP contribution in [0.5, 0.6) is 0 Å². The predicted octanol–water partition coefficient (Wildman–Crippen LogP) is 3.80. The first kappa shape index (κ1) is 15.5. The summed E-state index contributed by atoms with van der Waals surface area (Å²) in [6.45, 7) is 4.77. The molecule has 0 bridgehead atoms. The number of nitro groups is 1. The van der Waals surface area contributed by atoms with Crippen molar-refractivity contribution in [2.24, 2.45) is 5.92 Å². The van der Waals surface area contributed by atoms with Gasteiger partial charge in [-0.25, -0.2) is 4.98 Å². The fourth-order valence-electron chi connectivity index (χ4n) is 2.95. The summed E-state index contributed by atoms with van der Waals surface area (Å²) in [7, 11) is 0. The van der Waals surface area contributed by atoms with Crippen LogP contribution in [0, 0.1) is 16.0 Å². The van der Waals surface area contributed by atoms with E-state index in [0.717, 1.165) is 0 Å². The van der Waals surface area contributed by atoms with E-state index in [0.29, 0.717) is 24.1 Å². The highest BCUT2D eigenvalue weighted by molar-refractivity contribution is 5.55. The molecule has 116 valence electrons. The maximum absolute atomic E-state index is 11.0. The average Bonchev–Trinajstić information content (AvgIpc) is 2.48. The van der Waals surface area contributed by atoms with Crippen molar-refractivity contribution >= 4 is 17.3 Å². The molecule has 2 N–H and O–H groups in total. The van der Waals surface area contributed by atoms with Crippen LogP contribution in [-0.2, 0) is 0 Å². The lowest BCUT2D eigenvalue weighted by Gasteiger charge is -2.28. The number of anilines is 2. The minimum absolute atomic E-state index is 0.0688. The van der Waals surface area contributed by atoms with Gasteiger partial charge in [0.05, 0.1) is 17.1 Å². The zero-order valence-corrected chi connectivity index (χ0v) is 12.8. The van der Waals surface area contributed by atoms with Crippen LogP contribution in [0.4, 0.5) is 17.3 Å². The van der Waals surface area contributed by atoms with E-state index < -0.39 is 0 Å². The Morgan fingerprint density at radius 1 is 1.33 bits per heavy atom. The zero-order chi connectivity index (χ0) is 15.2. The van der Waals surface area contributed by atoms with Crippen LogP contribution in [0.1, 0.15) is 46.0 Å². The van der Waals surface area contributed by atoms with E-state index >= 15 is 0 Å². The predicted molar refractivity (Wildman–Crippen MR) is 84.7 cm³/mol. The molecule has 0 amide bonds. The van der Waals surface area contributed by atoms with Crippen LogP contribution in [-0.4, -0.2) is 22.5 Å². The second-order valence-corrected chi connectivity index (χ2v) is 5.71. The molecule has 1 fully saturated rings. The van der Waals surface area contributed by atoms with Crippen LogP contribution in [0.3, 0.4) is 0 Å². The van der Waals surface area contributed by atoms with E-state index in [1.807, 2.05) is 6.92 Å². The molecule has 1 aliphatic carbocycles. The largest absolute Gasteiger partial charge is 0.370 e. The molecule has 0 radical (unpaired) electrons. The number of aromatic nitrogens is 1. The average molecular weight is 292 g/mol. The number of hydrogen-bond donors (Lipinski definition) is 2. The van der Waals surface area contributed by atoms with Gasteiger partial charge in [0.15, 0.2) is 0 Å². The first-order valence-corrected chi connectivity index (χ1v) is 7.77. The smallest absolute Gasteiger partial charge is 0.276 e. The quantitative estimate of drug-likeness (QED) is 0.615. The summed E-state index contributed by atoms with van der Waals surface area (Å²) >= 11 is 0. The Kier molecular flexibility index (Phi) is 5.36. The highest BCUT2D eigenvalue weighted by Gasteiger charge is 2.21. The highest BCUT2D eigenvalue weighted by atomic mass is 16.6. The van der Waals surface area contributed by atoms with E-state index in [1.54, 1.807) is 0 Å². The Bertz CT molecular complexity index is 487. The topological polar surface area (TPSA) is 80.1 Å². The second-order valence-electron chi connectivity index (χ2n) is 5.71. The van der Waals surface area contributed by atoms with Gasteiger partial charge in [-0.3, -0.25) is 10.1 Å². The lowest BCUT2D eigenvalue weighted by Crippen LogP contribution is -2.28. The molecule has 6 nitrogen and oxygen atoms in total. The van der Waals surface area contributed by atoms with Crippen molar-refractivity contribution in [2.45, 2.75) is 52.0 Å². The van der Waals surface area contributed by atoms with Crippen LogP contribution < -0.4 is 10.6 Å². The molecule has 1 heterocycles. The molecule has 1 aromatic rings. The summed E-state index contributed by atoms with van der Waals surface area (Å²) < 4.78 is 0. The molecule has 6 heteroatoms. The maximum Gasteiger partial charge on any atom is 0.276 e. The second kappa shape index (κ2) is 7.24. The summed E-state index contributed by atoms with van der Waals surface area (Å²) in [5.41, 5.74) is 0.0688. The van der Waals surface area contributed by atoms with Crippen molar-refractivity contribution < 1.29 is 4.92 Å². The van der Waals surface area contributed by atoms with Crippen molar-refractivity contribution in [1.29, 1.82) is 0 Å². The molecule has 2 rings (SSSR count). The minimum Gasteiger partial charge on any atom is -0.370 e. The Balaban J connectivity index is 2.11. The lowest BCUT2D eigenvalue weighted by atomic mass is 9.84. The van der Waals surface area contributed by atoms with Gasteiger partial charge in [0.2, 0.25) is 0 Å². The number of nitrogens with one attached hydrogen (secondary N) is 2. The van der Waals surface area contributed by atoms with E-state index in [-0.39, 0.29) is 16.7 Å². The molecule has 1 unspecified atom stereocenters. The fourth-order valence-corrected chi connectivity index (χ4v) is 2.95. The van der Waals surface area contributed by atoms with Crippen LogP contribution >= 0.6 is 0 Å². The van der Waals surface area contributed by atoms with Gasteiger partial charge in [0.25, 0.3) is 5.69 Å². The van der Waals surface area contributed by atoms with Gasteiger partial charge in [-0.05, 0) is 32.6 Å². The van der Waals surface area contributed by atoms with Crippen molar-refractivity contribution in [3.8, 4) is 0 Å². The molecule has 0 aromatic carbocycles. The molecule has 1 aromatic heterocycles. The van der Waals surface area contributed by atoms with E-state index in [4.69, 9.17) is 0 Å². The standard InChI is InChI=1S/C15H24N4O2/c1-3-16-14-9-13(19(20)21)10-15(18-14)17-11(2)12-7-5-4-6-8-12/h9-12H,3-8H2,1-2H3,(H2,16,17,18). The van der Waals surface area contributed by atoms with Crippen molar-refractivity contribution in [2.75, 3.05) is 17.2 Å². The molecule has 0 spiro atoms. The SMILES string of the molecule is CCNc1cc([N+](=O)[O-])cc(NC(C)C2CCCCC2)n1. The highest BCUT2D eigenvalue weighted by Crippen LogP contribution is 2.29. The fraction of sp³-hybridized carbons (Fsp3) is 0.667. The number of pyridine rings is 1. The van der Waals surface area contributed by atoms with Gasteiger partial charge >= 0.3 is 0 Å². The number of rotatable bonds is 6. The normalized spacial score (nSPS) is 17.2. The first-order chi connectivity index (χ1) is 10.1. The summed E-state index contributed by atoms with van der Waals surface area (Å²) in [5, 5.41) is 17.4. The van der Waals surface area contributed by atoms with Gasteiger partial charge in [0.1, 0.15) is 11.6 Å². The van der Waals surface area contributed by atoms with Crippen molar-refractivity contribution in [3.05, 3.63) is 22.2 Å². The molecular weight excluding hydrogens is 268 g/mol. The lowest BCUT2D eigenvalue weighted by molar-refractivity contribution is -0.384. The molecule has 1 aliphatic rings. The van der Waals surface area contributed by atoms with Crippen LogP contribution in [0.15, 0.2) is 12.1 Å². The van der Waals surface area contributed by atoms with Gasteiger partial charge in [-0.15, -0.1) is 0 Å². The third-order valence-corrected chi connectivity index (χ3v) is 4.11. The number of nitrogens with zero attached hydrogens (tertiary/aromatic N) is 2. The monoisotopic (exact) mass is 292 g/mol. The Morgan fingerprint density at radius 2 is 2.00 bits per heavy atom. The first-order valence-electron chi connectivity index (χ1n) is 7.77. The molecule has 1 atom stereocenters. The van der Waals surface area contributed by atoms with E-state index in [9.17, 15) is 10.1 Å². The van der Waals surface area contributed by atoms with Gasteiger partial charge in [-0.2, -0.15) is 0 Å². The van der Waals surface area contributed by atoms with E-state index in [1.165, 1.54) is 44.2 Å². The summed E-state index contributed by atoms with van der Waals surface area (Å²) in [5.74, 6) is 1.76. The summed E-state index contributed by atoms with van der Waals surface area (Å²) in [6.07, 6.45) is 6.33. The Hall–Kier alpha value is -1.85. The van der Waals surface area contributed by atoms with Crippen LogP contribution in [0.25, 0.3) is 0 Å². The Morgan fingerprint density at radius 3 is 2.62 bits per heavy atom. The molecule has 0 aliphatic heterocycles. The summed E-state index contributed by atoms with van der Waals surface area (Å²) in [6, 6.07) is 3.27. The van der Waals surface area contributed by atoms with E-state index in [2.05, 4.69) is 22.5 Å². The van der Waals surface area contributed by atoms with Crippen molar-refractivity contribution in [1.82, 2.24) is 4.98 Å². The third kappa shape index (κ3) is 4.31. The Labute approximate surface area is 125 Å². The van der Waals surface area contributed by atoms with Crippen molar-refractivity contribution in [3.63, 3.8) is 0 Å². The third-order valence-electron chi connectivity index (χ3n) is 4.11. The molecular formula is C15H24N4O2. The zero-order valence-electron chi connectivity index (χ0n) is 12.8. The molecule has 1 saturated carbocycles. The number of hydrogen-bond acceptors (Lipinski definition) is 5. The molecule has 0 saturated heterocycles. The summed E-state index contributed by atoms with van der Waals surface area (Å²) in [4.78, 5) is 15.1. The minimum atomic E-state index is -0.376. The maximum atomic E-state index is 11.0. The van der Waals surface area contributed by atoms with Gasteiger partial charge < -0.3 is 10.6 Å². The molecule has 21 heavy (non-hydrogen) atoms. The van der Waals surface area contributed by atoms with Gasteiger partial charge in [-0.1, -0.05) is 19.3 Å². The van der Waals surface area contributed by atoms with Crippen LogP contribution in [0.2, 0.25) is 0 Å².